The predicted octanol–water partition coefficient (Wildman–Crippen LogP) is 4.27. The number of nitro groups is 1. The van der Waals surface area contributed by atoms with Crippen molar-refractivity contribution in [2.24, 2.45) is 0 Å². The molecule has 0 spiro atoms. The van der Waals surface area contributed by atoms with E-state index in [2.05, 4.69) is 16.0 Å². The zero-order chi connectivity index (χ0) is 21.1. The van der Waals surface area contributed by atoms with Crippen molar-refractivity contribution in [3.05, 3.63) is 82.3 Å². The first kappa shape index (κ1) is 19.2. The number of hydrogen-bond donors (Lipinski definition) is 3. The minimum atomic E-state index is -0.508. The molecule has 9 heteroatoms. The van der Waals surface area contributed by atoms with Gasteiger partial charge in [0.1, 0.15) is 5.69 Å². The molecule has 1 aliphatic rings. The van der Waals surface area contributed by atoms with Gasteiger partial charge in [0.15, 0.2) is 5.76 Å². The van der Waals surface area contributed by atoms with E-state index in [0.29, 0.717) is 17.1 Å². The number of nitrogens with zero attached hydrogens (tertiary/aromatic N) is 1. The van der Waals surface area contributed by atoms with Gasteiger partial charge in [-0.05, 0) is 55.3 Å². The van der Waals surface area contributed by atoms with E-state index >= 15 is 0 Å². The van der Waals surface area contributed by atoms with Crippen LogP contribution in [0, 0.1) is 10.1 Å². The normalized spacial score (nSPS) is 12.8. The maximum Gasteiger partial charge on any atom is 0.293 e. The van der Waals surface area contributed by atoms with Crippen LogP contribution in [-0.2, 0) is 0 Å². The summed E-state index contributed by atoms with van der Waals surface area (Å²) in [6.07, 6.45) is 3.36. The van der Waals surface area contributed by atoms with Crippen LogP contribution >= 0.6 is 0 Å². The van der Waals surface area contributed by atoms with Gasteiger partial charge in [-0.2, -0.15) is 0 Å². The molecule has 152 valence electrons. The first-order chi connectivity index (χ1) is 14.5. The van der Waals surface area contributed by atoms with E-state index in [1.54, 1.807) is 36.4 Å². The Labute approximate surface area is 171 Å². The number of hydrogen-bond acceptors (Lipinski definition) is 6. The van der Waals surface area contributed by atoms with Gasteiger partial charge in [0.25, 0.3) is 17.5 Å². The number of anilines is 3. The zero-order valence-electron chi connectivity index (χ0n) is 15.8. The molecular weight excluding hydrogens is 388 g/mol. The molecule has 30 heavy (non-hydrogen) atoms. The molecule has 4 rings (SSSR count). The summed E-state index contributed by atoms with van der Waals surface area (Å²) < 4.78 is 5.05. The molecule has 0 unspecified atom stereocenters. The number of carbonyl (C=O) groups is 2. The zero-order valence-corrected chi connectivity index (χ0v) is 15.8. The van der Waals surface area contributed by atoms with Gasteiger partial charge in [-0.1, -0.05) is 6.07 Å². The van der Waals surface area contributed by atoms with Gasteiger partial charge in [0.05, 0.1) is 11.2 Å². The molecule has 1 aliphatic carbocycles. The molecule has 2 aromatic carbocycles. The Bertz CT molecular complexity index is 1110. The van der Waals surface area contributed by atoms with Crippen LogP contribution < -0.4 is 16.0 Å². The third-order valence-electron chi connectivity index (χ3n) is 4.52. The third-order valence-corrected chi connectivity index (χ3v) is 4.52. The predicted molar refractivity (Wildman–Crippen MR) is 111 cm³/mol. The van der Waals surface area contributed by atoms with Crippen molar-refractivity contribution in [1.82, 2.24) is 0 Å². The van der Waals surface area contributed by atoms with Crippen LogP contribution in [0.15, 0.2) is 65.3 Å². The summed E-state index contributed by atoms with van der Waals surface area (Å²) in [5.41, 5.74) is 1.31. The number of rotatable bonds is 7. The second-order valence-corrected chi connectivity index (χ2v) is 6.87. The first-order valence-corrected chi connectivity index (χ1v) is 9.31. The molecular formula is C21H18N4O5. The Morgan fingerprint density at radius 2 is 1.70 bits per heavy atom. The molecule has 1 fully saturated rings. The van der Waals surface area contributed by atoms with Crippen molar-refractivity contribution in [3.8, 4) is 0 Å². The number of nitrogens with one attached hydrogen (secondary N) is 3. The average Bonchev–Trinajstić information content (AvgIpc) is 3.36. The number of benzene rings is 2. The Morgan fingerprint density at radius 1 is 0.967 bits per heavy atom. The standard InChI is InChI=1S/C21H18N4O5/c26-20(13-6-9-17(22-14-7-8-14)18(11-13)25(28)29)23-15-3-1-4-16(12-15)24-21(27)19-5-2-10-30-19/h1-6,9-12,14,22H,7-8H2,(H,23,26)(H,24,27). The number of nitro benzene ring substituents is 1. The van der Waals surface area contributed by atoms with E-state index < -0.39 is 16.7 Å². The Hall–Kier alpha value is -4.14. The Balaban J connectivity index is 1.47. The van der Waals surface area contributed by atoms with Gasteiger partial charge >= 0.3 is 0 Å². The summed E-state index contributed by atoms with van der Waals surface area (Å²) in [4.78, 5) is 35.6. The minimum Gasteiger partial charge on any atom is -0.459 e. The highest BCUT2D eigenvalue weighted by molar-refractivity contribution is 6.06. The maximum absolute atomic E-state index is 12.6. The molecule has 0 aliphatic heterocycles. The van der Waals surface area contributed by atoms with Gasteiger partial charge in [-0.25, -0.2) is 0 Å². The van der Waals surface area contributed by atoms with E-state index in [1.807, 2.05) is 0 Å². The molecule has 0 radical (unpaired) electrons. The topological polar surface area (TPSA) is 127 Å². The smallest absolute Gasteiger partial charge is 0.293 e. The lowest BCUT2D eigenvalue weighted by Gasteiger charge is -2.10. The second kappa shape index (κ2) is 8.08. The number of amides is 2. The van der Waals surface area contributed by atoms with Crippen LogP contribution in [0.4, 0.5) is 22.7 Å². The highest BCUT2D eigenvalue weighted by Crippen LogP contribution is 2.31. The molecule has 3 aromatic rings. The SMILES string of the molecule is O=C(Nc1cccc(NC(=O)c2ccco2)c1)c1ccc(NC2CC2)c([N+](=O)[O-])c1. The molecule has 0 saturated heterocycles. The van der Waals surface area contributed by atoms with Gasteiger partial charge in [-0.3, -0.25) is 19.7 Å². The van der Waals surface area contributed by atoms with Crippen LogP contribution in [0.3, 0.4) is 0 Å². The van der Waals surface area contributed by atoms with Crippen molar-refractivity contribution in [2.45, 2.75) is 18.9 Å². The van der Waals surface area contributed by atoms with E-state index in [4.69, 9.17) is 4.42 Å². The van der Waals surface area contributed by atoms with Crippen LogP contribution in [0.5, 0.6) is 0 Å². The fourth-order valence-electron chi connectivity index (χ4n) is 2.87. The number of furan rings is 1. The summed E-state index contributed by atoms with van der Waals surface area (Å²) in [5, 5.41) is 19.8. The van der Waals surface area contributed by atoms with Crippen molar-refractivity contribution in [3.63, 3.8) is 0 Å². The summed E-state index contributed by atoms with van der Waals surface area (Å²) in [6, 6.07) is 14.3. The van der Waals surface area contributed by atoms with E-state index in [-0.39, 0.29) is 23.1 Å². The highest BCUT2D eigenvalue weighted by Gasteiger charge is 2.25. The lowest BCUT2D eigenvalue weighted by molar-refractivity contribution is -0.384. The molecule has 2 amide bonds. The summed E-state index contributed by atoms with van der Waals surface area (Å²) in [7, 11) is 0. The molecule has 9 nitrogen and oxygen atoms in total. The lowest BCUT2D eigenvalue weighted by Crippen LogP contribution is -2.14. The minimum absolute atomic E-state index is 0.144. The summed E-state index contributed by atoms with van der Waals surface area (Å²) in [5.74, 6) is -0.750. The van der Waals surface area contributed by atoms with Gasteiger partial charge in [0, 0.05) is 29.0 Å². The van der Waals surface area contributed by atoms with Crippen molar-refractivity contribution in [1.29, 1.82) is 0 Å². The lowest BCUT2D eigenvalue weighted by atomic mass is 10.1. The molecule has 3 N–H and O–H groups in total. The average molecular weight is 406 g/mol. The van der Waals surface area contributed by atoms with Crippen LogP contribution in [-0.4, -0.2) is 22.8 Å². The third kappa shape index (κ3) is 4.46. The Kier molecular flexibility index (Phi) is 5.17. The van der Waals surface area contributed by atoms with E-state index in [0.717, 1.165) is 12.8 Å². The Morgan fingerprint density at radius 3 is 2.33 bits per heavy atom. The van der Waals surface area contributed by atoms with Gasteiger partial charge in [-0.15, -0.1) is 0 Å². The van der Waals surface area contributed by atoms with Crippen LogP contribution in [0.2, 0.25) is 0 Å². The summed E-state index contributed by atoms with van der Waals surface area (Å²) >= 11 is 0. The van der Waals surface area contributed by atoms with E-state index in [1.165, 1.54) is 24.5 Å². The largest absolute Gasteiger partial charge is 0.459 e. The fourth-order valence-corrected chi connectivity index (χ4v) is 2.87. The molecule has 1 aromatic heterocycles. The van der Waals surface area contributed by atoms with Crippen molar-refractivity contribution < 1.29 is 18.9 Å². The van der Waals surface area contributed by atoms with Gasteiger partial charge < -0.3 is 20.4 Å². The van der Waals surface area contributed by atoms with Crippen LogP contribution in [0.25, 0.3) is 0 Å². The summed E-state index contributed by atoms with van der Waals surface area (Å²) in [6.45, 7) is 0. The van der Waals surface area contributed by atoms with Gasteiger partial charge in [0.2, 0.25) is 0 Å². The first-order valence-electron chi connectivity index (χ1n) is 9.31. The monoisotopic (exact) mass is 406 g/mol. The second-order valence-electron chi connectivity index (χ2n) is 6.87. The van der Waals surface area contributed by atoms with Crippen molar-refractivity contribution in [2.75, 3.05) is 16.0 Å². The van der Waals surface area contributed by atoms with Crippen LogP contribution in [0.1, 0.15) is 33.8 Å². The molecule has 1 heterocycles. The highest BCUT2D eigenvalue weighted by atomic mass is 16.6. The molecule has 1 saturated carbocycles. The molecule has 0 bridgehead atoms. The van der Waals surface area contributed by atoms with E-state index in [9.17, 15) is 19.7 Å². The molecule has 0 atom stereocenters. The van der Waals surface area contributed by atoms with Crippen molar-refractivity contribution >= 4 is 34.6 Å². The quantitative estimate of drug-likeness (QED) is 0.397. The maximum atomic E-state index is 12.6. The number of carbonyl (C=O) groups excluding carboxylic acids is 2. The fraction of sp³-hybridized carbons (Fsp3) is 0.143.